The molecule has 1 aromatic heterocycles. The van der Waals surface area contributed by atoms with Crippen LogP contribution in [-0.4, -0.2) is 11.8 Å². The molecule has 0 saturated heterocycles. The molecule has 1 aromatic carbocycles. The van der Waals surface area contributed by atoms with Crippen LogP contribution in [0.5, 0.6) is 11.5 Å². The lowest BCUT2D eigenvalue weighted by Gasteiger charge is -2.11. The number of nitrogens with zero attached hydrogens (tertiary/aromatic N) is 1. The van der Waals surface area contributed by atoms with E-state index in [1.165, 1.54) is 10.4 Å². The van der Waals surface area contributed by atoms with E-state index in [0.717, 1.165) is 18.0 Å². The Labute approximate surface area is 110 Å². The quantitative estimate of drug-likeness (QED) is 0.920. The van der Waals surface area contributed by atoms with Gasteiger partial charge in [-0.3, -0.25) is 4.98 Å². The van der Waals surface area contributed by atoms with Gasteiger partial charge in [0.1, 0.15) is 0 Å². The fourth-order valence-electron chi connectivity index (χ4n) is 1.86. The lowest BCUT2D eigenvalue weighted by molar-refractivity contribution is 0.174. The van der Waals surface area contributed by atoms with E-state index < -0.39 is 0 Å². The van der Waals surface area contributed by atoms with Crippen LogP contribution in [0.2, 0.25) is 0 Å². The van der Waals surface area contributed by atoms with Gasteiger partial charge in [0, 0.05) is 23.7 Å². The second-order valence-electron chi connectivity index (χ2n) is 4.19. The molecule has 1 atom stereocenters. The first-order valence-corrected chi connectivity index (χ1v) is 6.71. The van der Waals surface area contributed by atoms with Gasteiger partial charge in [-0.25, -0.2) is 0 Å². The van der Waals surface area contributed by atoms with E-state index >= 15 is 0 Å². The number of thiazole rings is 1. The lowest BCUT2D eigenvalue weighted by Crippen LogP contribution is -2.17. The summed E-state index contributed by atoms with van der Waals surface area (Å²) in [5, 5.41) is 3.47. The first-order chi connectivity index (χ1) is 8.83. The molecule has 2 heterocycles. The highest BCUT2D eigenvalue weighted by atomic mass is 32.1. The highest BCUT2D eigenvalue weighted by Gasteiger charge is 2.13. The zero-order valence-corrected chi connectivity index (χ0v) is 10.9. The average Bonchev–Trinajstić information content (AvgIpc) is 3.05. The molecule has 3 rings (SSSR count). The van der Waals surface area contributed by atoms with Crippen LogP contribution < -0.4 is 14.8 Å². The van der Waals surface area contributed by atoms with Crippen molar-refractivity contribution in [3.8, 4) is 11.5 Å². The van der Waals surface area contributed by atoms with Crippen molar-refractivity contribution in [3.05, 3.63) is 40.3 Å². The highest BCUT2D eigenvalue weighted by molar-refractivity contribution is 7.09. The van der Waals surface area contributed by atoms with Crippen LogP contribution in [0.25, 0.3) is 0 Å². The molecule has 5 heteroatoms. The smallest absolute Gasteiger partial charge is 0.231 e. The highest BCUT2D eigenvalue weighted by Crippen LogP contribution is 2.32. The fourth-order valence-corrected chi connectivity index (χ4v) is 2.51. The van der Waals surface area contributed by atoms with E-state index in [4.69, 9.17) is 9.47 Å². The summed E-state index contributed by atoms with van der Waals surface area (Å²) in [6.45, 7) is 3.26. The van der Waals surface area contributed by atoms with E-state index in [9.17, 15) is 0 Å². The summed E-state index contributed by atoms with van der Waals surface area (Å²) in [7, 11) is 0. The first kappa shape index (κ1) is 11.5. The molecule has 0 amide bonds. The molecule has 18 heavy (non-hydrogen) atoms. The minimum atomic E-state index is 0.308. The molecule has 1 aliphatic heterocycles. The zero-order chi connectivity index (χ0) is 12.4. The molecule has 0 fully saturated rings. The topological polar surface area (TPSA) is 43.4 Å². The molecular weight excluding hydrogens is 248 g/mol. The number of nitrogens with one attached hydrogen (secondary N) is 1. The summed E-state index contributed by atoms with van der Waals surface area (Å²) < 4.78 is 10.6. The van der Waals surface area contributed by atoms with Gasteiger partial charge in [-0.15, -0.1) is 11.3 Å². The molecule has 0 aliphatic carbocycles. The molecule has 1 unspecified atom stereocenters. The SMILES string of the molecule is CC(NCc1ccc2c(c1)OCO2)c1cncs1. The molecule has 0 bridgehead atoms. The Morgan fingerprint density at radius 3 is 3.11 bits per heavy atom. The van der Waals surface area contributed by atoms with Gasteiger partial charge in [0.05, 0.1) is 5.51 Å². The van der Waals surface area contributed by atoms with E-state index in [1.54, 1.807) is 11.3 Å². The average molecular weight is 262 g/mol. The van der Waals surface area contributed by atoms with E-state index in [-0.39, 0.29) is 0 Å². The Bertz CT molecular complexity index is 528. The fraction of sp³-hybridized carbons (Fsp3) is 0.308. The van der Waals surface area contributed by atoms with Gasteiger partial charge in [0.25, 0.3) is 0 Å². The van der Waals surface area contributed by atoms with Gasteiger partial charge in [-0.1, -0.05) is 6.07 Å². The number of hydrogen-bond acceptors (Lipinski definition) is 5. The summed E-state index contributed by atoms with van der Waals surface area (Å²) in [4.78, 5) is 5.33. The van der Waals surface area contributed by atoms with Crippen molar-refractivity contribution in [2.45, 2.75) is 19.5 Å². The molecule has 0 spiro atoms. The monoisotopic (exact) mass is 262 g/mol. The zero-order valence-electron chi connectivity index (χ0n) is 10.1. The summed E-state index contributed by atoms with van der Waals surface area (Å²) in [6, 6.07) is 6.34. The van der Waals surface area contributed by atoms with Crippen molar-refractivity contribution >= 4 is 11.3 Å². The normalized spacial score (nSPS) is 14.7. The third kappa shape index (κ3) is 2.32. The molecule has 1 aliphatic rings. The number of rotatable bonds is 4. The standard InChI is InChI=1S/C13H14N2O2S/c1-9(13-6-14-7-18-13)15-5-10-2-3-11-12(4-10)17-8-16-11/h2-4,6-7,9,15H,5,8H2,1H3. The number of hydrogen-bond donors (Lipinski definition) is 1. The largest absolute Gasteiger partial charge is 0.454 e. The van der Waals surface area contributed by atoms with Crippen LogP contribution >= 0.6 is 11.3 Å². The summed E-state index contributed by atoms with van der Waals surface area (Å²) in [5.41, 5.74) is 3.05. The summed E-state index contributed by atoms with van der Waals surface area (Å²) >= 11 is 1.67. The maximum Gasteiger partial charge on any atom is 0.231 e. The number of aromatic nitrogens is 1. The molecule has 0 radical (unpaired) electrons. The predicted molar refractivity (Wildman–Crippen MR) is 69.9 cm³/mol. The number of ether oxygens (including phenoxy) is 2. The molecular formula is C13H14N2O2S. The predicted octanol–water partition coefficient (Wildman–Crippen LogP) is 2.72. The van der Waals surface area contributed by atoms with Crippen LogP contribution in [0.1, 0.15) is 23.4 Å². The van der Waals surface area contributed by atoms with Crippen LogP contribution in [0.3, 0.4) is 0 Å². The van der Waals surface area contributed by atoms with E-state index in [2.05, 4.69) is 23.3 Å². The third-order valence-electron chi connectivity index (χ3n) is 2.93. The van der Waals surface area contributed by atoms with Gasteiger partial charge < -0.3 is 14.8 Å². The lowest BCUT2D eigenvalue weighted by atomic mass is 10.2. The van der Waals surface area contributed by atoms with Crippen molar-refractivity contribution in [2.24, 2.45) is 0 Å². The molecule has 1 N–H and O–H groups in total. The second-order valence-corrected chi connectivity index (χ2v) is 5.11. The van der Waals surface area contributed by atoms with Crippen molar-refractivity contribution in [3.63, 3.8) is 0 Å². The molecule has 94 valence electrons. The minimum Gasteiger partial charge on any atom is -0.454 e. The van der Waals surface area contributed by atoms with Gasteiger partial charge in [-0.05, 0) is 24.6 Å². The van der Waals surface area contributed by atoms with Crippen LogP contribution in [-0.2, 0) is 6.54 Å². The second kappa shape index (κ2) is 4.96. The van der Waals surface area contributed by atoms with E-state index in [1.807, 2.05) is 23.8 Å². The Morgan fingerprint density at radius 1 is 1.39 bits per heavy atom. The van der Waals surface area contributed by atoms with Crippen molar-refractivity contribution in [2.75, 3.05) is 6.79 Å². The Balaban J connectivity index is 1.63. The van der Waals surface area contributed by atoms with Gasteiger partial charge in [0.15, 0.2) is 11.5 Å². The van der Waals surface area contributed by atoms with Gasteiger partial charge >= 0.3 is 0 Å². The maximum atomic E-state index is 5.36. The molecule has 4 nitrogen and oxygen atoms in total. The van der Waals surface area contributed by atoms with E-state index in [0.29, 0.717) is 12.8 Å². The van der Waals surface area contributed by atoms with Crippen molar-refractivity contribution in [1.82, 2.24) is 10.3 Å². The minimum absolute atomic E-state index is 0.308. The first-order valence-electron chi connectivity index (χ1n) is 5.83. The number of benzene rings is 1. The summed E-state index contributed by atoms with van der Waals surface area (Å²) in [5.74, 6) is 1.66. The Morgan fingerprint density at radius 2 is 2.28 bits per heavy atom. The van der Waals surface area contributed by atoms with Crippen LogP contribution in [0.4, 0.5) is 0 Å². The van der Waals surface area contributed by atoms with Crippen LogP contribution in [0.15, 0.2) is 29.9 Å². The molecule has 2 aromatic rings. The maximum absolute atomic E-state index is 5.36. The summed E-state index contributed by atoms with van der Waals surface area (Å²) in [6.07, 6.45) is 1.90. The Kier molecular flexibility index (Phi) is 3.17. The Hall–Kier alpha value is -1.59. The van der Waals surface area contributed by atoms with Crippen LogP contribution in [0, 0.1) is 0 Å². The van der Waals surface area contributed by atoms with Crippen molar-refractivity contribution in [1.29, 1.82) is 0 Å². The van der Waals surface area contributed by atoms with Gasteiger partial charge in [0.2, 0.25) is 6.79 Å². The van der Waals surface area contributed by atoms with Crippen molar-refractivity contribution < 1.29 is 9.47 Å². The van der Waals surface area contributed by atoms with Gasteiger partial charge in [-0.2, -0.15) is 0 Å². The molecule has 0 saturated carbocycles. The third-order valence-corrected chi connectivity index (χ3v) is 3.89. The number of fused-ring (bicyclic) bond motifs is 1.